The fraction of sp³-hybridized carbons (Fsp3) is 0.630. The number of hydrogen-bond acceptors (Lipinski definition) is 7. The van der Waals surface area contributed by atoms with Crippen molar-refractivity contribution < 1.29 is 28.7 Å². The van der Waals surface area contributed by atoms with Gasteiger partial charge in [0, 0.05) is 5.56 Å². The number of oxime groups is 1. The van der Waals surface area contributed by atoms with E-state index in [1.807, 2.05) is 0 Å². The van der Waals surface area contributed by atoms with Crippen molar-refractivity contribution in [2.24, 2.45) is 22.7 Å². The molecule has 2 rings (SSSR count). The van der Waals surface area contributed by atoms with Gasteiger partial charge in [0.15, 0.2) is 5.84 Å². The molecule has 8 nitrogen and oxygen atoms in total. The minimum Gasteiger partial charge on any atom is -0.462 e. The molecule has 1 fully saturated rings. The molecular formula is C27H40N2O6. The Labute approximate surface area is 208 Å². The number of carbonyl (C=O) groups excluding carboxylic acids is 3. The lowest BCUT2D eigenvalue weighted by atomic mass is 9.84. The van der Waals surface area contributed by atoms with Gasteiger partial charge in [-0.3, -0.25) is 4.79 Å². The van der Waals surface area contributed by atoms with Crippen LogP contribution in [0.4, 0.5) is 0 Å². The first kappa shape index (κ1) is 28.3. The third-order valence-corrected chi connectivity index (χ3v) is 5.98. The van der Waals surface area contributed by atoms with Gasteiger partial charge in [0.1, 0.15) is 5.60 Å². The highest BCUT2D eigenvalue weighted by Gasteiger charge is 2.27. The maximum Gasteiger partial charge on any atom is 0.338 e. The number of carbonyl (C=O) groups is 3. The Hall–Kier alpha value is -2.90. The predicted octanol–water partition coefficient (Wildman–Crippen LogP) is 5.13. The predicted molar refractivity (Wildman–Crippen MR) is 134 cm³/mol. The second-order valence-electron chi connectivity index (χ2n) is 10.1. The Morgan fingerprint density at radius 3 is 2.29 bits per heavy atom. The fourth-order valence-electron chi connectivity index (χ4n) is 4.23. The van der Waals surface area contributed by atoms with Gasteiger partial charge in [-0.15, -0.1) is 0 Å². The van der Waals surface area contributed by atoms with Crippen LogP contribution in [0.2, 0.25) is 0 Å². The Morgan fingerprint density at radius 1 is 1.06 bits per heavy atom. The quantitative estimate of drug-likeness (QED) is 0.151. The SMILES string of the molecule is CCOC(=O)c1ccc(/C(N)=N/OC(=O)[C@H](CCCC2CCCCC2)CC(=O)OC(C)(C)C)cc1. The maximum absolute atomic E-state index is 12.8. The first-order valence-corrected chi connectivity index (χ1v) is 12.6. The Morgan fingerprint density at radius 2 is 1.69 bits per heavy atom. The first-order chi connectivity index (χ1) is 16.6. The molecule has 0 unspecified atom stereocenters. The number of ether oxygens (including phenoxy) is 2. The van der Waals surface area contributed by atoms with Crippen molar-refractivity contribution in [3.63, 3.8) is 0 Å². The molecule has 1 aromatic rings. The van der Waals surface area contributed by atoms with Crippen LogP contribution in [0.1, 0.15) is 101 Å². The number of benzene rings is 1. The highest BCUT2D eigenvalue weighted by atomic mass is 16.7. The third-order valence-electron chi connectivity index (χ3n) is 5.98. The van der Waals surface area contributed by atoms with Crippen LogP contribution in [-0.2, 0) is 23.9 Å². The molecule has 8 heteroatoms. The van der Waals surface area contributed by atoms with E-state index >= 15 is 0 Å². The number of amidine groups is 1. The van der Waals surface area contributed by atoms with E-state index in [9.17, 15) is 14.4 Å². The van der Waals surface area contributed by atoms with Gasteiger partial charge in [0.25, 0.3) is 0 Å². The largest absolute Gasteiger partial charge is 0.462 e. The van der Waals surface area contributed by atoms with Gasteiger partial charge >= 0.3 is 17.9 Å². The van der Waals surface area contributed by atoms with Crippen LogP contribution < -0.4 is 5.73 Å². The Kier molecular flexibility index (Phi) is 11.2. The Balaban J connectivity index is 1.99. The van der Waals surface area contributed by atoms with Gasteiger partial charge in [-0.25, -0.2) is 9.59 Å². The molecule has 194 valence electrons. The average Bonchev–Trinajstić information content (AvgIpc) is 2.81. The maximum atomic E-state index is 12.8. The van der Waals surface area contributed by atoms with Crippen molar-refractivity contribution in [2.45, 2.75) is 91.1 Å². The van der Waals surface area contributed by atoms with E-state index in [4.69, 9.17) is 20.0 Å². The summed E-state index contributed by atoms with van der Waals surface area (Å²) in [6, 6.07) is 6.32. The van der Waals surface area contributed by atoms with Crippen LogP contribution in [0, 0.1) is 11.8 Å². The van der Waals surface area contributed by atoms with Crippen LogP contribution in [0.3, 0.4) is 0 Å². The van der Waals surface area contributed by atoms with Crippen molar-refractivity contribution in [2.75, 3.05) is 6.61 Å². The topological polar surface area (TPSA) is 117 Å². The van der Waals surface area contributed by atoms with Crippen LogP contribution in [0.5, 0.6) is 0 Å². The van der Waals surface area contributed by atoms with Gasteiger partial charge in [-0.2, -0.15) is 0 Å². The van der Waals surface area contributed by atoms with E-state index in [-0.39, 0.29) is 18.9 Å². The van der Waals surface area contributed by atoms with Crippen LogP contribution >= 0.6 is 0 Å². The molecule has 0 amide bonds. The summed E-state index contributed by atoms with van der Waals surface area (Å²) in [6.07, 6.45) is 8.63. The highest BCUT2D eigenvalue weighted by Crippen LogP contribution is 2.29. The monoisotopic (exact) mass is 488 g/mol. The zero-order valence-electron chi connectivity index (χ0n) is 21.5. The summed E-state index contributed by atoms with van der Waals surface area (Å²) in [5.74, 6) is -1.45. The summed E-state index contributed by atoms with van der Waals surface area (Å²) in [5.41, 5.74) is 6.22. The van der Waals surface area contributed by atoms with E-state index < -0.39 is 29.4 Å². The third kappa shape index (κ3) is 10.5. The standard InChI is InChI=1S/C27H40N2O6/c1-5-33-25(31)21-16-14-20(15-17-21)24(28)29-35-26(32)22(18-23(30)34-27(2,3)4)13-9-12-19-10-7-6-8-11-19/h14-17,19,22H,5-13,18H2,1-4H3,(H2,28,29)/t22-/m1/s1. The zero-order valence-corrected chi connectivity index (χ0v) is 21.5. The summed E-state index contributed by atoms with van der Waals surface area (Å²) < 4.78 is 10.4. The lowest BCUT2D eigenvalue weighted by Gasteiger charge is -2.23. The van der Waals surface area contributed by atoms with Crippen molar-refractivity contribution in [1.29, 1.82) is 0 Å². The summed E-state index contributed by atoms with van der Waals surface area (Å²) in [6.45, 7) is 7.39. The molecule has 1 aromatic carbocycles. The van der Waals surface area contributed by atoms with Crippen LogP contribution in [0.15, 0.2) is 29.4 Å². The van der Waals surface area contributed by atoms with E-state index in [2.05, 4.69) is 5.16 Å². The summed E-state index contributed by atoms with van der Waals surface area (Å²) >= 11 is 0. The molecule has 0 aliphatic heterocycles. The molecule has 0 saturated heterocycles. The van der Waals surface area contributed by atoms with Crippen LogP contribution in [0.25, 0.3) is 0 Å². The number of esters is 2. The minimum absolute atomic E-state index is 0.00742. The van der Waals surface area contributed by atoms with Crippen molar-refractivity contribution in [1.82, 2.24) is 0 Å². The molecule has 0 bridgehead atoms. The molecule has 0 spiro atoms. The van der Waals surface area contributed by atoms with Crippen LogP contribution in [-0.4, -0.2) is 36.0 Å². The number of nitrogens with two attached hydrogens (primary N) is 1. The van der Waals surface area contributed by atoms with Gasteiger partial charge in [0.05, 0.1) is 24.5 Å². The zero-order chi connectivity index (χ0) is 25.8. The molecule has 1 atom stereocenters. The fourth-order valence-corrected chi connectivity index (χ4v) is 4.23. The first-order valence-electron chi connectivity index (χ1n) is 12.6. The van der Waals surface area contributed by atoms with Gasteiger partial charge in [-0.1, -0.05) is 62.2 Å². The molecule has 1 aliphatic rings. The normalized spacial score (nSPS) is 15.8. The van der Waals surface area contributed by atoms with E-state index in [0.29, 0.717) is 23.5 Å². The minimum atomic E-state index is -0.656. The molecule has 0 radical (unpaired) electrons. The smallest absolute Gasteiger partial charge is 0.338 e. The lowest BCUT2D eigenvalue weighted by molar-refractivity contribution is -0.161. The summed E-state index contributed by atoms with van der Waals surface area (Å²) in [5, 5.41) is 3.78. The molecule has 0 aromatic heterocycles. The highest BCUT2D eigenvalue weighted by molar-refractivity contribution is 5.98. The van der Waals surface area contributed by atoms with Gasteiger partial charge in [-0.05, 0) is 52.2 Å². The lowest BCUT2D eigenvalue weighted by Crippen LogP contribution is -2.28. The second-order valence-corrected chi connectivity index (χ2v) is 10.1. The molecule has 2 N–H and O–H groups in total. The van der Waals surface area contributed by atoms with Crippen molar-refractivity contribution >= 4 is 23.7 Å². The van der Waals surface area contributed by atoms with E-state index in [1.165, 1.54) is 32.1 Å². The number of nitrogens with zero attached hydrogens (tertiary/aromatic N) is 1. The van der Waals surface area contributed by atoms with Gasteiger partial charge in [0.2, 0.25) is 0 Å². The van der Waals surface area contributed by atoms with E-state index in [0.717, 1.165) is 12.8 Å². The van der Waals surface area contributed by atoms with Gasteiger partial charge < -0.3 is 20.0 Å². The van der Waals surface area contributed by atoms with Crippen molar-refractivity contribution in [3.05, 3.63) is 35.4 Å². The summed E-state index contributed by atoms with van der Waals surface area (Å²) in [7, 11) is 0. The summed E-state index contributed by atoms with van der Waals surface area (Å²) in [4.78, 5) is 42.1. The molecule has 1 aliphatic carbocycles. The molecular weight excluding hydrogens is 448 g/mol. The number of rotatable bonds is 11. The molecule has 0 heterocycles. The number of hydrogen-bond donors (Lipinski definition) is 1. The Bertz CT molecular complexity index is 867. The van der Waals surface area contributed by atoms with E-state index in [1.54, 1.807) is 52.0 Å². The molecule has 35 heavy (non-hydrogen) atoms. The second kappa shape index (κ2) is 13.9. The van der Waals surface area contributed by atoms with Crippen molar-refractivity contribution in [3.8, 4) is 0 Å². The molecule has 1 saturated carbocycles. The average molecular weight is 489 g/mol.